The number of ether oxygens (including phenoxy) is 3. The number of carbonyl (C=O) groups is 5. The van der Waals surface area contributed by atoms with Crippen molar-refractivity contribution >= 4 is 29.1 Å². The number of hydrogen-bond donors (Lipinski definition) is 1. The van der Waals surface area contributed by atoms with Gasteiger partial charge in [0.1, 0.15) is 28.6 Å². The first-order chi connectivity index (χ1) is 16.3. The van der Waals surface area contributed by atoms with Crippen molar-refractivity contribution in [1.29, 1.82) is 0 Å². The minimum atomic E-state index is -0.825. The van der Waals surface area contributed by atoms with Gasteiger partial charge >= 0.3 is 5.97 Å². The zero-order valence-corrected chi connectivity index (χ0v) is 20.4. The van der Waals surface area contributed by atoms with Crippen LogP contribution < -0.4 is 9.47 Å². The Hall–Kier alpha value is -4.01. The molecule has 0 unspecified atom stereocenters. The molecule has 0 heterocycles. The Balaban J connectivity index is 2.27. The van der Waals surface area contributed by atoms with Crippen molar-refractivity contribution in [3.8, 4) is 17.2 Å². The van der Waals surface area contributed by atoms with Crippen LogP contribution in [-0.4, -0.2) is 54.0 Å². The molecule has 2 aromatic carbocycles. The second-order valence-electron chi connectivity index (χ2n) is 9.16. The predicted molar refractivity (Wildman–Crippen MR) is 124 cm³/mol. The fourth-order valence-corrected chi connectivity index (χ4v) is 3.98. The van der Waals surface area contributed by atoms with Crippen LogP contribution in [-0.2, 0) is 20.7 Å². The second-order valence-corrected chi connectivity index (χ2v) is 9.16. The van der Waals surface area contributed by atoms with Crippen LogP contribution in [0.4, 0.5) is 0 Å². The summed E-state index contributed by atoms with van der Waals surface area (Å²) < 4.78 is 15.8. The number of rotatable bonds is 7. The lowest BCUT2D eigenvalue weighted by Gasteiger charge is -2.24. The number of carbonyl (C=O) groups excluding carboxylic acids is 5. The topological polar surface area (TPSA) is 133 Å². The molecule has 184 valence electrons. The number of fused-ring (bicyclic) bond motifs is 2. The highest BCUT2D eigenvalue weighted by Gasteiger charge is 2.38. The van der Waals surface area contributed by atoms with Gasteiger partial charge in [-0.3, -0.25) is 24.0 Å². The Morgan fingerprint density at radius 1 is 0.914 bits per heavy atom. The van der Waals surface area contributed by atoms with E-state index < -0.39 is 58.9 Å². The summed E-state index contributed by atoms with van der Waals surface area (Å²) in [6, 6.07) is 4.02. The van der Waals surface area contributed by atoms with Crippen molar-refractivity contribution in [2.45, 2.75) is 46.1 Å². The summed E-state index contributed by atoms with van der Waals surface area (Å²) in [4.78, 5) is 64.0. The van der Waals surface area contributed by atoms with E-state index in [2.05, 4.69) is 0 Å². The molecule has 9 heteroatoms. The van der Waals surface area contributed by atoms with E-state index in [1.807, 2.05) is 0 Å². The maximum Gasteiger partial charge on any atom is 0.310 e. The average molecular weight is 482 g/mol. The van der Waals surface area contributed by atoms with E-state index in [1.165, 1.54) is 39.3 Å². The number of phenolic OH excluding ortho intramolecular Hbond substituents is 1. The molecule has 0 spiro atoms. The molecule has 1 aliphatic carbocycles. The molecule has 1 N–H and O–H groups in total. The molecule has 2 aromatic rings. The SMILES string of the molecule is COc1cc(OC)c2c(c1)C(=O)c1cc(CC(=O)OC(C)(C)C)c(C(=O)CC(C)=O)c(O)c1C2=O. The van der Waals surface area contributed by atoms with E-state index in [0.717, 1.165) is 0 Å². The quantitative estimate of drug-likeness (QED) is 0.306. The average Bonchev–Trinajstić information content (AvgIpc) is 2.74. The highest BCUT2D eigenvalue weighted by molar-refractivity contribution is 6.31. The number of ketones is 4. The third-order valence-electron chi connectivity index (χ3n) is 5.30. The van der Waals surface area contributed by atoms with Crippen molar-refractivity contribution in [2.24, 2.45) is 0 Å². The first-order valence-electron chi connectivity index (χ1n) is 10.8. The predicted octanol–water partition coefficient (Wildman–Crippen LogP) is 3.23. The molecular weight excluding hydrogens is 456 g/mol. The van der Waals surface area contributed by atoms with Gasteiger partial charge in [-0.05, 0) is 45.4 Å². The van der Waals surface area contributed by atoms with Crippen LogP contribution in [0.1, 0.15) is 81.9 Å². The maximum absolute atomic E-state index is 13.5. The van der Waals surface area contributed by atoms with Crippen LogP contribution in [0, 0.1) is 0 Å². The number of aromatic hydroxyl groups is 1. The van der Waals surface area contributed by atoms with Crippen LogP contribution in [0.2, 0.25) is 0 Å². The van der Waals surface area contributed by atoms with Gasteiger partial charge < -0.3 is 19.3 Å². The Labute approximate surface area is 202 Å². The van der Waals surface area contributed by atoms with E-state index in [-0.39, 0.29) is 39.3 Å². The number of hydrogen-bond acceptors (Lipinski definition) is 9. The van der Waals surface area contributed by atoms with Crippen LogP contribution in [0.15, 0.2) is 18.2 Å². The Kier molecular flexibility index (Phi) is 6.82. The number of esters is 1. The summed E-state index contributed by atoms with van der Waals surface area (Å²) in [7, 11) is 2.70. The van der Waals surface area contributed by atoms with Crippen molar-refractivity contribution in [2.75, 3.05) is 14.2 Å². The first kappa shape index (κ1) is 25.6. The minimum absolute atomic E-state index is 0.0101. The molecular formula is C26H26O9. The molecule has 0 aliphatic heterocycles. The molecule has 0 bridgehead atoms. The standard InChI is InChI=1S/C26H26O9/c1-12(27)7-17(28)20-13(9-19(29)35-26(2,3)4)8-15-22(24(20)31)25(32)21-16(23(15)30)10-14(33-5)11-18(21)34-6/h8,10-11,31H,7,9H2,1-6H3. The zero-order chi connectivity index (χ0) is 26.2. The van der Waals surface area contributed by atoms with Gasteiger partial charge in [0, 0.05) is 17.2 Å². The fourth-order valence-electron chi connectivity index (χ4n) is 3.98. The number of Topliss-reactive ketones (excluding diaryl/α,β-unsaturated/α-hetero) is 2. The second kappa shape index (κ2) is 9.32. The molecule has 0 fully saturated rings. The molecule has 0 aromatic heterocycles. The summed E-state index contributed by atoms with van der Waals surface area (Å²) in [6.45, 7) is 6.19. The van der Waals surface area contributed by atoms with E-state index in [1.54, 1.807) is 20.8 Å². The Morgan fingerprint density at radius 3 is 2.09 bits per heavy atom. The lowest BCUT2D eigenvalue weighted by Crippen LogP contribution is -2.27. The summed E-state index contributed by atoms with van der Waals surface area (Å²) in [5.41, 5.74) is -1.91. The Bertz CT molecular complexity index is 1280. The third-order valence-corrected chi connectivity index (χ3v) is 5.30. The van der Waals surface area contributed by atoms with Gasteiger partial charge in [-0.1, -0.05) is 0 Å². The smallest absolute Gasteiger partial charge is 0.310 e. The summed E-state index contributed by atoms with van der Waals surface area (Å²) in [6.07, 6.45) is -1.03. The molecule has 0 amide bonds. The lowest BCUT2D eigenvalue weighted by molar-refractivity contribution is -0.153. The third kappa shape index (κ3) is 4.94. The van der Waals surface area contributed by atoms with Crippen LogP contribution in [0.5, 0.6) is 17.2 Å². The molecule has 0 radical (unpaired) electrons. The van der Waals surface area contributed by atoms with Gasteiger partial charge in [0.15, 0.2) is 11.6 Å². The van der Waals surface area contributed by atoms with Crippen molar-refractivity contribution in [3.63, 3.8) is 0 Å². The van der Waals surface area contributed by atoms with E-state index in [9.17, 15) is 29.1 Å². The zero-order valence-electron chi connectivity index (χ0n) is 20.4. The van der Waals surface area contributed by atoms with Crippen molar-refractivity contribution in [3.05, 3.63) is 51.6 Å². The van der Waals surface area contributed by atoms with Crippen molar-refractivity contribution in [1.82, 2.24) is 0 Å². The number of phenols is 1. The molecule has 9 nitrogen and oxygen atoms in total. The van der Waals surface area contributed by atoms with Gasteiger partial charge in [-0.15, -0.1) is 0 Å². The number of benzene rings is 2. The molecule has 35 heavy (non-hydrogen) atoms. The van der Waals surface area contributed by atoms with E-state index >= 15 is 0 Å². The lowest BCUT2D eigenvalue weighted by atomic mass is 9.79. The number of methoxy groups -OCH3 is 2. The minimum Gasteiger partial charge on any atom is -0.506 e. The van der Waals surface area contributed by atoms with Crippen molar-refractivity contribution < 1.29 is 43.3 Å². The highest BCUT2D eigenvalue weighted by Crippen LogP contribution is 2.42. The molecule has 0 saturated heterocycles. The van der Waals surface area contributed by atoms with Crippen LogP contribution >= 0.6 is 0 Å². The van der Waals surface area contributed by atoms with Crippen LogP contribution in [0.3, 0.4) is 0 Å². The van der Waals surface area contributed by atoms with Gasteiger partial charge in [-0.25, -0.2) is 0 Å². The summed E-state index contributed by atoms with van der Waals surface area (Å²) in [5.74, 6) is -3.79. The monoisotopic (exact) mass is 482 g/mol. The largest absolute Gasteiger partial charge is 0.506 e. The molecule has 1 aliphatic rings. The summed E-state index contributed by atoms with van der Waals surface area (Å²) in [5, 5.41) is 11.1. The van der Waals surface area contributed by atoms with Gasteiger partial charge in [0.05, 0.1) is 43.8 Å². The molecule has 0 atom stereocenters. The van der Waals surface area contributed by atoms with Gasteiger partial charge in [0.2, 0.25) is 5.78 Å². The summed E-state index contributed by atoms with van der Waals surface area (Å²) >= 11 is 0. The maximum atomic E-state index is 13.5. The normalized spacial score (nSPS) is 12.5. The molecule has 0 saturated carbocycles. The van der Waals surface area contributed by atoms with Crippen LogP contribution in [0.25, 0.3) is 0 Å². The molecule has 3 rings (SSSR count). The van der Waals surface area contributed by atoms with Gasteiger partial charge in [-0.2, -0.15) is 0 Å². The Morgan fingerprint density at radius 2 is 1.54 bits per heavy atom. The van der Waals surface area contributed by atoms with Gasteiger partial charge in [0.25, 0.3) is 0 Å². The fraction of sp³-hybridized carbons (Fsp3) is 0.346. The highest BCUT2D eigenvalue weighted by atomic mass is 16.6. The van der Waals surface area contributed by atoms with E-state index in [4.69, 9.17) is 14.2 Å². The van der Waals surface area contributed by atoms with E-state index in [0.29, 0.717) is 0 Å². The first-order valence-corrected chi connectivity index (χ1v) is 10.8.